The van der Waals surface area contributed by atoms with E-state index in [1.54, 1.807) is 0 Å². The molecule has 0 aliphatic carbocycles. The molecule has 3 aromatic carbocycles. The van der Waals surface area contributed by atoms with Crippen LogP contribution in [0.3, 0.4) is 0 Å². The van der Waals surface area contributed by atoms with Gasteiger partial charge in [-0.25, -0.2) is 8.42 Å². The summed E-state index contributed by atoms with van der Waals surface area (Å²) in [5.74, 6) is -0.369. The Morgan fingerprint density at radius 1 is 0.903 bits per heavy atom. The number of nitrogens with zero attached hydrogens (tertiary/aromatic N) is 1. The third-order valence-corrected chi connectivity index (χ3v) is 6.84. The minimum absolute atomic E-state index is 0.0878. The molecule has 0 saturated carbocycles. The van der Waals surface area contributed by atoms with E-state index in [1.807, 2.05) is 62.4 Å². The summed E-state index contributed by atoms with van der Waals surface area (Å²) in [7, 11) is -3.90. The Morgan fingerprint density at radius 3 is 2.10 bits per heavy atom. The van der Waals surface area contributed by atoms with Crippen LogP contribution in [-0.4, -0.2) is 25.2 Å². The lowest BCUT2D eigenvalue weighted by Gasteiger charge is -2.22. The quantitative estimate of drug-likeness (QED) is 0.544. The Labute approximate surface area is 188 Å². The third kappa shape index (κ3) is 6.40. The first-order valence-electron chi connectivity index (χ1n) is 9.87. The first kappa shape index (κ1) is 23.0. The molecular formula is C24H25ClN2O3S. The molecule has 0 fully saturated rings. The van der Waals surface area contributed by atoms with Crippen LogP contribution < -0.4 is 5.32 Å². The molecule has 0 saturated heterocycles. The first-order chi connectivity index (χ1) is 14.7. The van der Waals surface area contributed by atoms with E-state index in [0.29, 0.717) is 11.6 Å². The summed E-state index contributed by atoms with van der Waals surface area (Å²) in [6.45, 7) is 4.05. The van der Waals surface area contributed by atoms with E-state index in [9.17, 15) is 13.2 Å². The molecule has 0 aliphatic heterocycles. The molecule has 0 aliphatic rings. The molecule has 0 unspecified atom stereocenters. The summed E-state index contributed by atoms with van der Waals surface area (Å²) in [6.07, 6.45) is 0. The van der Waals surface area contributed by atoms with Crippen molar-refractivity contribution in [1.29, 1.82) is 0 Å². The van der Waals surface area contributed by atoms with E-state index in [1.165, 1.54) is 28.6 Å². The van der Waals surface area contributed by atoms with E-state index in [-0.39, 0.29) is 23.9 Å². The minimum Gasteiger partial charge on any atom is -0.351 e. The molecule has 0 atom stereocenters. The number of carbonyl (C=O) groups excluding carboxylic acids is 1. The highest BCUT2D eigenvalue weighted by Gasteiger charge is 2.27. The topological polar surface area (TPSA) is 66.5 Å². The Balaban J connectivity index is 1.81. The van der Waals surface area contributed by atoms with Crippen LogP contribution in [0.1, 0.15) is 22.3 Å². The van der Waals surface area contributed by atoms with E-state index >= 15 is 0 Å². The monoisotopic (exact) mass is 456 g/mol. The molecule has 0 heterocycles. The van der Waals surface area contributed by atoms with Gasteiger partial charge in [-0.05, 0) is 49.2 Å². The number of amides is 1. The zero-order valence-electron chi connectivity index (χ0n) is 17.5. The Hall–Kier alpha value is -2.67. The van der Waals surface area contributed by atoms with Crippen molar-refractivity contribution < 1.29 is 13.2 Å². The lowest BCUT2D eigenvalue weighted by Crippen LogP contribution is -2.40. The highest BCUT2D eigenvalue weighted by atomic mass is 35.5. The molecule has 3 aromatic rings. The van der Waals surface area contributed by atoms with Crippen molar-refractivity contribution in [3.05, 3.63) is 100 Å². The molecular weight excluding hydrogens is 432 g/mol. The van der Waals surface area contributed by atoms with Gasteiger partial charge in [0.05, 0.1) is 11.4 Å². The van der Waals surface area contributed by atoms with Crippen LogP contribution in [0.5, 0.6) is 0 Å². The maximum absolute atomic E-state index is 13.3. The summed E-state index contributed by atoms with van der Waals surface area (Å²) in [5.41, 5.74) is 3.88. The smallest absolute Gasteiger partial charge is 0.243 e. The number of nitrogens with one attached hydrogen (secondary N) is 1. The molecule has 31 heavy (non-hydrogen) atoms. The lowest BCUT2D eigenvalue weighted by atomic mass is 10.1. The number of hydrogen-bond acceptors (Lipinski definition) is 3. The van der Waals surface area contributed by atoms with Gasteiger partial charge >= 0.3 is 0 Å². The Morgan fingerprint density at radius 2 is 1.48 bits per heavy atom. The zero-order valence-corrected chi connectivity index (χ0v) is 19.1. The SMILES string of the molecule is Cc1cccc(CNC(=O)CN(Cc2cccc(C)c2)S(=O)(=O)c2ccc(Cl)cc2)c1. The van der Waals surface area contributed by atoms with Gasteiger partial charge in [-0.3, -0.25) is 4.79 Å². The van der Waals surface area contributed by atoms with Crippen molar-refractivity contribution in [3.8, 4) is 0 Å². The number of hydrogen-bond donors (Lipinski definition) is 1. The second-order valence-corrected chi connectivity index (χ2v) is 9.86. The average Bonchev–Trinajstić information content (AvgIpc) is 2.72. The third-order valence-electron chi connectivity index (χ3n) is 4.78. The van der Waals surface area contributed by atoms with Gasteiger partial charge in [0.2, 0.25) is 15.9 Å². The van der Waals surface area contributed by atoms with E-state index in [4.69, 9.17) is 11.6 Å². The standard InChI is InChI=1S/C24H25ClN2O3S/c1-18-5-3-7-20(13-18)15-26-24(28)17-27(16-21-8-4-6-19(2)14-21)31(29,30)23-11-9-22(25)10-12-23/h3-14H,15-17H2,1-2H3,(H,26,28). The molecule has 0 radical (unpaired) electrons. The number of halogens is 1. The van der Waals surface area contributed by atoms with Crippen molar-refractivity contribution in [2.24, 2.45) is 0 Å². The average molecular weight is 457 g/mol. The number of sulfonamides is 1. The second kappa shape index (κ2) is 10.1. The van der Waals surface area contributed by atoms with Crippen LogP contribution in [0.4, 0.5) is 0 Å². The van der Waals surface area contributed by atoms with Crippen molar-refractivity contribution in [2.45, 2.75) is 31.8 Å². The highest BCUT2D eigenvalue weighted by Crippen LogP contribution is 2.21. The summed E-state index contributed by atoms with van der Waals surface area (Å²) in [4.78, 5) is 12.8. The Kier molecular flexibility index (Phi) is 7.49. The molecule has 0 bridgehead atoms. The fraction of sp³-hybridized carbons (Fsp3) is 0.208. The second-order valence-electron chi connectivity index (χ2n) is 7.48. The molecule has 5 nitrogen and oxygen atoms in total. The van der Waals surface area contributed by atoms with Gasteiger partial charge in [0.25, 0.3) is 0 Å². The maximum Gasteiger partial charge on any atom is 0.243 e. The fourth-order valence-corrected chi connectivity index (χ4v) is 4.74. The maximum atomic E-state index is 13.3. The van der Waals surface area contributed by atoms with Gasteiger partial charge in [0.15, 0.2) is 0 Å². The van der Waals surface area contributed by atoms with Gasteiger partial charge < -0.3 is 5.32 Å². The molecule has 3 rings (SSSR count). The molecule has 0 aromatic heterocycles. The summed E-state index contributed by atoms with van der Waals surface area (Å²) < 4.78 is 27.8. The zero-order chi connectivity index (χ0) is 22.4. The van der Waals surface area contributed by atoms with E-state index < -0.39 is 10.0 Å². The van der Waals surface area contributed by atoms with Crippen LogP contribution in [0.15, 0.2) is 77.7 Å². The molecule has 1 N–H and O–H groups in total. The predicted octanol–water partition coefficient (Wildman–Crippen LogP) is 4.46. The van der Waals surface area contributed by atoms with Crippen molar-refractivity contribution in [2.75, 3.05) is 6.54 Å². The lowest BCUT2D eigenvalue weighted by molar-refractivity contribution is -0.121. The molecule has 7 heteroatoms. The van der Waals surface area contributed by atoms with Crippen LogP contribution in [0.2, 0.25) is 5.02 Å². The Bertz CT molecular complexity index is 1160. The van der Waals surface area contributed by atoms with Gasteiger partial charge in [-0.1, -0.05) is 71.3 Å². The molecule has 1 amide bonds. The highest BCUT2D eigenvalue weighted by molar-refractivity contribution is 7.89. The number of carbonyl (C=O) groups is 1. The van der Waals surface area contributed by atoms with E-state index in [2.05, 4.69) is 5.32 Å². The van der Waals surface area contributed by atoms with Crippen molar-refractivity contribution in [3.63, 3.8) is 0 Å². The van der Waals surface area contributed by atoms with Gasteiger partial charge in [0, 0.05) is 18.1 Å². The van der Waals surface area contributed by atoms with Gasteiger partial charge in [-0.2, -0.15) is 4.31 Å². The van der Waals surface area contributed by atoms with Crippen LogP contribution in [0, 0.1) is 13.8 Å². The normalized spacial score (nSPS) is 11.5. The van der Waals surface area contributed by atoms with E-state index in [0.717, 1.165) is 22.3 Å². The number of rotatable bonds is 8. The van der Waals surface area contributed by atoms with Crippen molar-refractivity contribution in [1.82, 2.24) is 9.62 Å². The van der Waals surface area contributed by atoms with Crippen LogP contribution in [-0.2, 0) is 27.9 Å². The van der Waals surface area contributed by atoms with Gasteiger partial charge in [-0.15, -0.1) is 0 Å². The number of aryl methyl sites for hydroxylation is 2. The largest absolute Gasteiger partial charge is 0.351 e. The first-order valence-corrected chi connectivity index (χ1v) is 11.7. The van der Waals surface area contributed by atoms with Crippen LogP contribution >= 0.6 is 11.6 Å². The summed E-state index contributed by atoms with van der Waals surface area (Å²) in [5, 5.41) is 3.26. The molecule has 0 spiro atoms. The minimum atomic E-state index is -3.90. The fourth-order valence-electron chi connectivity index (χ4n) is 3.23. The van der Waals surface area contributed by atoms with Crippen LogP contribution in [0.25, 0.3) is 0 Å². The molecule has 162 valence electrons. The van der Waals surface area contributed by atoms with Gasteiger partial charge in [0.1, 0.15) is 0 Å². The van der Waals surface area contributed by atoms with Crippen molar-refractivity contribution >= 4 is 27.5 Å². The predicted molar refractivity (Wildman–Crippen MR) is 123 cm³/mol. The summed E-state index contributed by atoms with van der Waals surface area (Å²) in [6, 6.07) is 21.3. The summed E-state index contributed by atoms with van der Waals surface area (Å²) >= 11 is 5.91. The number of benzene rings is 3.